The largest absolute Gasteiger partial charge is 0.313 e. The minimum absolute atomic E-state index is 0.701. The zero-order chi connectivity index (χ0) is 16.1. The topological polar surface area (TPSA) is 12.0 Å². The second kappa shape index (κ2) is 8.37. The molecule has 0 saturated heterocycles. The first kappa shape index (κ1) is 17.8. The summed E-state index contributed by atoms with van der Waals surface area (Å²) in [7, 11) is 0. The average Bonchev–Trinajstić information content (AvgIpc) is 2.53. The van der Waals surface area contributed by atoms with Gasteiger partial charge in [0.2, 0.25) is 0 Å². The van der Waals surface area contributed by atoms with E-state index in [9.17, 15) is 0 Å². The number of unbranched alkanes of at least 4 members (excludes halogenated alkanes) is 7. The fraction of sp³-hybridized carbons (Fsp3) is 1.00. The van der Waals surface area contributed by atoms with Gasteiger partial charge in [-0.05, 0) is 68.2 Å². The highest BCUT2D eigenvalue weighted by atomic mass is 15.0. The molecule has 0 heterocycles. The van der Waals surface area contributed by atoms with Crippen molar-refractivity contribution in [3.63, 3.8) is 0 Å². The van der Waals surface area contributed by atoms with Gasteiger partial charge in [-0.2, -0.15) is 0 Å². The molecule has 0 aliphatic heterocycles. The molecule has 4 fully saturated rings. The molecule has 23 heavy (non-hydrogen) atoms. The third-order valence-electron chi connectivity index (χ3n) is 7.41. The molecule has 4 aliphatic carbocycles. The number of rotatable bonds is 11. The quantitative estimate of drug-likeness (QED) is 0.439. The van der Waals surface area contributed by atoms with Crippen molar-refractivity contribution >= 4 is 0 Å². The first-order valence-corrected chi connectivity index (χ1v) is 11.0. The standard InChI is InChI=1S/C22H41N/c1-3-5-6-7-8-9-10-11-12-22-16-18-13-19(17-22)15-20(14-18)21(22)23-4-2/h18-21,23H,3-17H2,1-2H3/t18-,19+,20?,21?,22?. The maximum atomic E-state index is 3.94. The van der Waals surface area contributed by atoms with Crippen LogP contribution in [0, 0.1) is 23.2 Å². The van der Waals surface area contributed by atoms with Crippen molar-refractivity contribution in [3.8, 4) is 0 Å². The molecule has 1 heteroatoms. The lowest BCUT2D eigenvalue weighted by molar-refractivity contribution is -0.0894. The van der Waals surface area contributed by atoms with Gasteiger partial charge in [0, 0.05) is 6.04 Å². The van der Waals surface area contributed by atoms with E-state index in [0.29, 0.717) is 5.41 Å². The Bertz CT molecular complexity index is 336. The maximum Gasteiger partial charge on any atom is 0.0152 e. The van der Waals surface area contributed by atoms with Crippen LogP contribution < -0.4 is 5.32 Å². The zero-order valence-electron chi connectivity index (χ0n) is 15.9. The molecule has 0 aromatic carbocycles. The van der Waals surface area contributed by atoms with Crippen LogP contribution in [0.1, 0.15) is 104 Å². The SMILES string of the molecule is CCCCCCCCCCC12C[C@@H]3CC(C[C@@H](C3)C1)C2NCC. The van der Waals surface area contributed by atoms with Crippen LogP contribution in [0.15, 0.2) is 0 Å². The first-order chi connectivity index (χ1) is 11.3. The zero-order valence-corrected chi connectivity index (χ0v) is 15.9. The van der Waals surface area contributed by atoms with Gasteiger partial charge in [0.15, 0.2) is 0 Å². The van der Waals surface area contributed by atoms with Crippen molar-refractivity contribution in [1.29, 1.82) is 0 Å². The third kappa shape index (κ3) is 4.14. The molecule has 4 saturated carbocycles. The Labute approximate surface area is 145 Å². The minimum atomic E-state index is 0.701. The van der Waals surface area contributed by atoms with Gasteiger partial charge in [-0.1, -0.05) is 65.2 Å². The lowest BCUT2D eigenvalue weighted by Crippen LogP contribution is -2.61. The van der Waals surface area contributed by atoms with E-state index in [-0.39, 0.29) is 0 Å². The van der Waals surface area contributed by atoms with Crippen molar-refractivity contribution < 1.29 is 0 Å². The van der Waals surface area contributed by atoms with Crippen molar-refractivity contribution in [1.82, 2.24) is 5.32 Å². The Morgan fingerprint density at radius 1 is 0.783 bits per heavy atom. The summed E-state index contributed by atoms with van der Waals surface area (Å²) >= 11 is 0. The number of nitrogens with one attached hydrogen (secondary N) is 1. The second-order valence-electron chi connectivity index (χ2n) is 9.23. The normalized spacial score (nSPS) is 38.3. The third-order valence-corrected chi connectivity index (χ3v) is 7.41. The van der Waals surface area contributed by atoms with Gasteiger partial charge < -0.3 is 5.32 Å². The molecule has 4 rings (SSSR count). The first-order valence-electron chi connectivity index (χ1n) is 11.0. The molecule has 0 spiro atoms. The molecule has 0 radical (unpaired) electrons. The molecular formula is C22H41N. The van der Waals surface area contributed by atoms with Crippen LogP contribution in [0.5, 0.6) is 0 Å². The molecule has 1 nitrogen and oxygen atoms in total. The van der Waals surface area contributed by atoms with Crippen LogP contribution in [-0.4, -0.2) is 12.6 Å². The van der Waals surface area contributed by atoms with E-state index in [1.54, 1.807) is 32.1 Å². The summed E-state index contributed by atoms with van der Waals surface area (Å²) in [6, 6.07) is 0.866. The monoisotopic (exact) mass is 319 g/mol. The summed E-state index contributed by atoms with van der Waals surface area (Å²) in [5.41, 5.74) is 0.701. The van der Waals surface area contributed by atoms with Crippen molar-refractivity contribution in [2.45, 2.75) is 110 Å². The van der Waals surface area contributed by atoms with E-state index < -0.39 is 0 Å². The fourth-order valence-electron chi connectivity index (χ4n) is 6.78. The molecule has 3 unspecified atom stereocenters. The highest BCUT2D eigenvalue weighted by Gasteiger charge is 2.55. The van der Waals surface area contributed by atoms with E-state index in [2.05, 4.69) is 19.2 Å². The van der Waals surface area contributed by atoms with Crippen LogP contribution in [0.3, 0.4) is 0 Å². The summed E-state index contributed by atoms with van der Waals surface area (Å²) in [6.07, 6.45) is 21.1. The van der Waals surface area contributed by atoms with Crippen LogP contribution >= 0.6 is 0 Å². The summed E-state index contributed by atoms with van der Waals surface area (Å²) in [4.78, 5) is 0. The van der Waals surface area contributed by atoms with Gasteiger partial charge in [0.1, 0.15) is 0 Å². The summed E-state index contributed by atoms with van der Waals surface area (Å²) < 4.78 is 0. The van der Waals surface area contributed by atoms with E-state index in [1.165, 1.54) is 64.3 Å². The lowest BCUT2D eigenvalue weighted by Gasteiger charge is -2.62. The minimum Gasteiger partial charge on any atom is -0.313 e. The van der Waals surface area contributed by atoms with Crippen LogP contribution in [-0.2, 0) is 0 Å². The van der Waals surface area contributed by atoms with Gasteiger partial charge in [0.25, 0.3) is 0 Å². The van der Waals surface area contributed by atoms with Gasteiger partial charge in [-0.15, -0.1) is 0 Å². The van der Waals surface area contributed by atoms with Gasteiger partial charge in [-0.3, -0.25) is 0 Å². The predicted octanol–water partition coefficient (Wildman–Crippen LogP) is 6.32. The Hall–Kier alpha value is -0.0400. The predicted molar refractivity (Wildman–Crippen MR) is 101 cm³/mol. The molecule has 1 N–H and O–H groups in total. The van der Waals surface area contributed by atoms with Crippen molar-refractivity contribution in [2.24, 2.45) is 23.2 Å². The van der Waals surface area contributed by atoms with Crippen LogP contribution in [0.25, 0.3) is 0 Å². The van der Waals surface area contributed by atoms with E-state index in [1.807, 2.05) is 0 Å². The maximum absolute atomic E-state index is 3.94. The molecule has 4 bridgehead atoms. The van der Waals surface area contributed by atoms with Crippen LogP contribution in [0.2, 0.25) is 0 Å². The molecule has 0 aromatic heterocycles. The average molecular weight is 320 g/mol. The Balaban J connectivity index is 1.43. The highest BCUT2D eigenvalue weighted by molar-refractivity contribution is 5.09. The summed E-state index contributed by atoms with van der Waals surface area (Å²) in [5, 5.41) is 3.94. The molecule has 0 amide bonds. The van der Waals surface area contributed by atoms with Crippen LogP contribution in [0.4, 0.5) is 0 Å². The Kier molecular flexibility index (Phi) is 6.46. The van der Waals surface area contributed by atoms with Gasteiger partial charge in [0.05, 0.1) is 0 Å². The molecule has 5 atom stereocenters. The van der Waals surface area contributed by atoms with Crippen molar-refractivity contribution in [3.05, 3.63) is 0 Å². The van der Waals surface area contributed by atoms with E-state index >= 15 is 0 Å². The fourth-order valence-corrected chi connectivity index (χ4v) is 6.78. The Morgan fingerprint density at radius 2 is 1.39 bits per heavy atom. The lowest BCUT2D eigenvalue weighted by atomic mass is 9.46. The highest BCUT2D eigenvalue weighted by Crippen LogP contribution is 2.61. The summed E-state index contributed by atoms with van der Waals surface area (Å²) in [5.74, 6) is 3.21. The number of hydrogen-bond acceptors (Lipinski definition) is 1. The Morgan fingerprint density at radius 3 is 2.00 bits per heavy atom. The molecule has 134 valence electrons. The number of hydrogen-bond donors (Lipinski definition) is 1. The van der Waals surface area contributed by atoms with Gasteiger partial charge >= 0.3 is 0 Å². The molecule has 4 aliphatic rings. The smallest absolute Gasteiger partial charge is 0.0152 e. The second-order valence-corrected chi connectivity index (χ2v) is 9.23. The molecular weight excluding hydrogens is 278 g/mol. The van der Waals surface area contributed by atoms with Gasteiger partial charge in [-0.25, -0.2) is 0 Å². The van der Waals surface area contributed by atoms with E-state index in [4.69, 9.17) is 0 Å². The summed E-state index contributed by atoms with van der Waals surface area (Å²) in [6.45, 7) is 5.80. The molecule has 0 aromatic rings. The van der Waals surface area contributed by atoms with Crippen molar-refractivity contribution in [2.75, 3.05) is 6.54 Å². The van der Waals surface area contributed by atoms with E-state index in [0.717, 1.165) is 23.8 Å².